The minimum absolute atomic E-state index is 0.201. The molecule has 4 rings (SSSR count). The van der Waals surface area contributed by atoms with Gasteiger partial charge in [0.1, 0.15) is 11.6 Å². The van der Waals surface area contributed by atoms with Crippen molar-refractivity contribution in [2.45, 2.75) is 51.4 Å². The van der Waals surface area contributed by atoms with Gasteiger partial charge in [0.2, 0.25) is 0 Å². The Hall–Kier alpha value is -1.86. The minimum atomic E-state index is -0.281. The number of aliphatic imine (C=N–C) groups is 1. The summed E-state index contributed by atoms with van der Waals surface area (Å²) < 4.78 is 24.7. The van der Waals surface area contributed by atoms with Gasteiger partial charge < -0.3 is 20.1 Å². The fourth-order valence-corrected chi connectivity index (χ4v) is 3.73. The van der Waals surface area contributed by atoms with Crippen molar-refractivity contribution in [1.82, 2.24) is 15.5 Å². The maximum atomic E-state index is 13.9. The van der Waals surface area contributed by atoms with E-state index >= 15 is 0 Å². The van der Waals surface area contributed by atoms with Crippen molar-refractivity contribution >= 4 is 5.96 Å². The van der Waals surface area contributed by atoms with E-state index in [-0.39, 0.29) is 12.6 Å². The fraction of sp³-hybridized carbons (Fsp3) is 0.632. The molecule has 2 aliphatic heterocycles. The van der Waals surface area contributed by atoms with Crippen molar-refractivity contribution in [3.05, 3.63) is 29.1 Å². The van der Waals surface area contributed by atoms with Gasteiger partial charge in [0.15, 0.2) is 12.8 Å². The molecule has 26 heavy (non-hydrogen) atoms. The van der Waals surface area contributed by atoms with Crippen molar-refractivity contribution in [1.29, 1.82) is 0 Å². The molecule has 0 radical (unpaired) electrons. The third kappa shape index (κ3) is 4.10. The van der Waals surface area contributed by atoms with Crippen molar-refractivity contribution in [3.63, 3.8) is 0 Å². The van der Waals surface area contributed by atoms with E-state index in [9.17, 15) is 4.39 Å². The third-order valence-electron chi connectivity index (χ3n) is 5.13. The lowest BCUT2D eigenvalue weighted by molar-refractivity contribution is -0.0172. The van der Waals surface area contributed by atoms with E-state index in [1.807, 2.05) is 6.92 Å². The third-order valence-corrected chi connectivity index (χ3v) is 5.13. The van der Waals surface area contributed by atoms with E-state index in [2.05, 4.69) is 20.5 Å². The molecule has 0 spiro atoms. The predicted octanol–water partition coefficient (Wildman–Crippen LogP) is 1.98. The Morgan fingerprint density at radius 2 is 2.23 bits per heavy atom. The first-order chi connectivity index (χ1) is 12.7. The number of halogens is 1. The van der Waals surface area contributed by atoms with Crippen LogP contribution in [0, 0.1) is 5.82 Å². The topological polar surface area (TPSA) is 58.1 Å². The number of hydrogen-bond donors (Lipinski definition) is 2. The van der Waals surface area contributed by atoms with Crippen LogP contribution >= 0.6 is 0 Å². The Bertz CT molecular complexity index is 678. The summed E-state index contributed by atoms with van der Waals surface area (Å²) in [5.41, 5.74) is 1.50. The highest BCUT2D eigenvalue weighted by Crippen LogP contribution is 2.31. The molecule has 1 aromatic rings. The lowest BCUT2D eigenvalue weighted by Gasteiger charge is -2.21. The summed E-state index contributed by atoms with van der Waals surface area (Å²) in [6.07, 6.45) is 3.82. The van der Waals surface area contributed by atoms with E-state index in [4.69, 9.17) is 9.47 Å². The average Bonchev–Trinajstić information content (AvgIpc) is 3.39. The van der Waals surface area contributed by atoms with Gasteiger partial charge in [-0.2, -0.15) is 0 Å². The highest BCUT2D eigenvalue weighted by Gasteiger charge is 2.34. The molecular weight excluding hydrogens is 335 g/mol. The summed E-state index contributed by atoms with van der Waals surface area (Å²) in [6.45, 7) is 6.02. The molecule has 0 aromatic heterocycles. The summed E-state index contributed by atoms with van der Waals surface area (Å²) in [5.74, 6) is 1.20. The minimum Gasteiger partial charge on any atom is -0.467 e. The molecule has 2 N–H and O–H groups in total. The second-order valence-electron chi connectivity index (χ2n) is 7.22. The molecule has 1 atom stereocenters. The van der Waals surface area contributed by atoms with E-state index in [1.54, 1.807) is 0 Å². The zero-order valence-corrected chi connectivity index (χ0v) is 15.3. The lowest BCUT2D eigenvalue weighted by atomic mass is 10.1. The molecule has 1 aromatic carbocycles. The van der Waals surface area contributed by atoms with Gasteiger partial charge in [0.25, 0.3) is 0 Å². The number of likely N-dealkylation sites (tertiary alicyclic amines) is 1. The molecule has 1 unspecified atom stereocenters. The van der Waals surface area contributed by atoms with Crippen LogP contribution in [0.1, 0.15) is 37.3 Å². The Labute approximate surface area is 153 Å². The molecule has 6 nitrogen and oxygen atoms in total. The zero-order chi connectivity index (χ0) is 17.9. The van der Waals surface area contributed by atoms with Crippen LogP contribution in [0.4, 0.5) is 4.39 Å². The second kappa shape index (κ2) is 7.80. The van der Waals surface area contributed by atoms with Crippen molar-refractivity contribution in [3.8, 4) is 5.75 Å². The highest BCUT2D eigenvalue weighted by molar-refractivity contribution is 5.80. The molecule has 2 fully saturated rings. The molecule has 0 amide bonds. The maximum absolute atomic E-state index is 13.9. The Kier molecular flexibility index (Phi) is 5.26. The van der Waals surface area contributed by atoms with Gasteiger partial charge in [-0.1, -0.05) is 0 Å². The molecule has 1 aliphatic carbocycles. The van der Waals surface area contributed by atoms with E-state index < -0.39 is 0 Å². The van der Waals surface area contributed by atoms with Crippen LogP contribution in [-0.4, -0.2) is 49.4 Å². The largest absolute Gasteiger partial charge is 0.467 e. The lowest BCUT2D eigenvalue weighted by Crippen LogP contribution is -2.44. The predicted molar refractivity (Wildman–Crippen MR) is 97.6 cm³/mol. The number of fused-ring (bicyclic) bond motifs is 1. The maximum Gasteiger partial charge on any atom is 0.191 e. The quantitative estimate of drug-likeness (QED) is 0.620. The number of benzene rings is 1. The van der Waals surface area contributed by atoms with Gasteiger partial charge >= 0.3 is 0 Å². The summed E-state index contributed by atoms with van der Waals surface area (Å²) in [7, 11) is 0. The van der Waals surface area contributed by atoms with Crippen LogP contribution in [0.2, 0.25) is 0 Å². The van der Waals surface area contributed by atoms with Gasteiger partial charge in [-0.05, 0) is 38.3 Å². The van der Waals surface area contributed by atoms with E-state index in [0.29, 0.717) is 24.9 Å². The molecule has 1 saturated heterocycles. The molecule has 142 valence electrons. The van der Waals surface area contributed by atoms with Gasteiger partial charge in [0.05, 0.1) is 13.2 Å². The number of hydrogen-bond acceptors (Lipinski definition) is 4. The zero-order valence-electron chi connectivity index (χ0n) is 15.3. The average molecular weight is 362 g/mol. The fourth-order valence-electron chi connectivity index (χ4n) is 3.73. The molecule has 7 heteroatoms. The first-order valence-corrected chi connectivity index (χ1v) is 9.53. The Morgan fingerprint density at radius 3 is 3.04 bits per heavy atom. The summed E-state index contributed by atoms with van der Waals surface area (Å²) in [5, 5.41) is 6.83. The number of nitrogens with one attached hydrogen (secondary N) is 2. The van der Waals surface area contributed by atoms with Crippen molar-refractivity contribution in [2.24, 2.45) is 4.99 Å². The normalized spacial score (nSPS) is 23.5. The van der Waals surface area contributed by atoms with Crippen LogP contribution in [-0.2, 0) is 17.9 Å². The summed E-state index contributed by atoms with van der Waals surface area (Å²) in [4.78, 5) is 7.24. The van der Waals surface area contributed by atoms with Crippen LogP contribution < -0.4 is 15.4 Å². The van der Waals surface area contributed by atoms with Crippen LogP contribution in [0.15, 0.2) is 17.1 Å². The molecule has 2 heterocycles. The first-order valence-electron chi connectivity index (χ1n) is 9.53. The van der Waals surface area contributed by atoms with Crippen LogP contribution in [0.5, 0.6) is 5.75 Å². The van der Waals surface area contributed by atoms with E-state index in [0.717, 1.165) is 49.2 Å². The number of rotatable bonds is 5. The van der Waals surface area contributed by atoms with Gasteiger partial charge in [-0.15, -0.1) is 0 Å². The Balaban J connectivity index is 1.43. The molecule has 1 saturated carbocycles. The summed E-state index contributed by atoms with van der Waals surface area (Å²) >= 11 is 0. The van der Waals surface area contributed by atoms with Crippen LogP contribution in [0.25, 0.3) is 0 Å². The molecule has 3 aliphatic rings. The van der Waals surface area contributed by atoms with Crippen molar-refractivity contribution in [2.75, 3.05) is 26.4 Å². The standard InChI is InChI=1S/C19H27FN4O2/c1-2-21-19(23-16-5-6-24(10-16)17-3-4-17)22-9-13-7-15(20)8-14-11-25-12-26-18(13)14/h7-8,16-17H,2-6,9-12H2,1H3,(H2,21,22,23). The summed E-state index contributed by atoms with van der Waals surface area (Å²) in [6, 6.07) is 4.19. The first kappa shape index (κ1) is 17.5. The van der Waals surface area contributed by atoms with E-state index in [1.165, 1.54) is 25.0 Å². The van der Waals surface area contributed by atoms with Crippen LogP contribution in [0.3, 0.4) is 0 Å². The number of nitrogens with zero attached hydrogens (tertiary/aromatic N) is 2. The monoisotopic (exact) mass is 362 g/mol. The number of ether oxygens (including phenoxy) is 2. The Morgan fingerprint density at radius 1 is 1.35 bits per heavy atom. The molecular formula is C19H27FN4O2. The van der Waals surface area contributed by atoms with Crippen molar-refractivity contribution < 1.29 is 13.9 Å². The SMILES string of the molecule is CCNC(=NCc1cc(F)cc2c1OCOC2)NC1CCN(C2CC2)C1. The molecule has 0 bridgehead atoms. The van der Waals surface area contributed by atoms with Gasteiger partial charge in [-0.3, -0.25) is 4.90 Å². The smallest absolute Gasteiger partial charge is 0.191 e. The van der Waals surface area contributed by atoms with Gasteiger partial charge in [-0.25, -0.2) is 9.38 Å². The van der Waals surface area contributed by atoms with Gasteiger partial charge in [0, 0.05) is 42.8 Å². The highest BCUT2D eigenvalue weighted by atomic mass is 19.1. The second-order valence-corrected chi connectivity index (χ2v) is 7.22. The number of guanidine groups is 1.